The number of carbonyl (C=O) groups is 1. The smallest absolute Gasteiger partial charge is 0.272 e. The van der Waals surface area contributed by atoms with E-state index < -0.39 is 0 Å². The molecule has 0 spiro atoms. The molecule has 2 aromatic heterocycles. The Morgan fingerprint density at radius 2 is 2.20 bits per heavy atom. The molecular formula is C14H14N4O2. The number of aromatic nitrogens is 2. The Labute approximate surface area is 116 Å². The maximum absolute atomic E-state index is 12.2. The lowest BCUT2D eigenvalue weighted by Crippen LogP contribution is -2.27. The van der Waals surface area contributed by atoms with Gasteiger partial charge in [-0.05, 0) is 26.0 Å². The summed E-state index contributed by atoms with van der Waals surface area (Å²) in [6.07, 6.45) is 0. The van der Waals surface area contributed by atoms with Gasteiger partial charge in [0, 0.05) is 13.1 Å². The van der Waals surface area contributed by atoms with Gasteiger partial charge >= 0.3 is 0 Å². The molecule has 0 radical (unpaired) electrons. The van der Waals surface area contributed by atoms with Crippen LogP contribution in [-0.4, -0.2) is 28.0 Å². The highest BCUT2D eigenvalue weighted by Gasteiger charge is 2.16. The number of carbonyl (C=O) groups excluding carboxylic acids is 1. The molecule has 0 fully saturated rings. The molecule has 0 aliphatic heterocycles. The van der Waals surface area contributed by atoms with Crippen molar-refractivity contribution in [2.75, 3.05) is 7.05 Å². The molecule has 2 rings (SSSR count). The molecule has 0 unspecified atom stereocenters. The van der Waals surface area contributed by atoms with E-state index in [1.165, 1.54) is 4.90 Å². The first-order valence-electron chi connectivity index (χ1n) is 6.06. The van der Waals surface area contributed by atoms with Crippen molar-refractivity contribution in [2.45, 2.75) is 20.4 Å². The van der Waals surface area contributed by atoms with Gasteiger partial charge in [-0.25, -0.2) is 4.98 Å². The molecule has 0 saturated heterocycles. The summed E-state index contributed by atoms with van der Waals surface area (Å²) in [5.74, 6) is 0.478. The molecule has 0 atom stereocenters. The van der Waals surface area contributed by atoms with E-state index in [0.29, 0.717) is 35.0 Å². The number of nitrogens with zero attached hydrogens (tertiary/aromatic N) is 4. The van der Waals surface area contributed by atoms with Crippen molar-refractivity contribution in [1.82, 2.24) is 15.0 Å². The second-order valence-electron chi connectivity index (χ2n) is 4.53. The van der Waals surface area contributed by atoms with Crippen LogP contribution >= 0.6 is 0 Å². The van der Waals surface area contributed by atoms with E-state index in [1.54, 1.807) is 39.1 Å². The average molecular weight is 270 g/mol. The van der Waals surface area contributed by atoms with Crippen molar-refractivity contribution in [2.24, 2.45) is 0 Å². The third-order valence-corrected chi connectivity index (χ3v) is 2.85. The number of pyridine rings is 1. The predicted octanol–water partition coefficient (Wildman–Crippen LogP) is 1.83. The van der Waals surface area contributed by atoms with Crippen molar-refractivity contribution >= 4 is 5.91 Å². The Morgan fingerprint density at radius 1 is 1.45 bits per heavy atom. The van der Waals surface area contributed by atoms with Crippen LogP contribution in [0.4, 0.5) is 0 Å². The minimum Gasteiger partial charge on any atom is -0.361 e. The monoisotopic (exact) mass is 270 g/mol. The topological polar surface area (TPSA) is 83.0 Å². The zero-order chi connectivity index (χ0) is 14.7. The zero-order valence-corrected chi connectivity index (χ0v) is 11.5. The van der Waals surface area contributed by atoms with E-state index >= 15 is 0 Å². The van der Waals surface area contributed by atoms with Crippen LogP contribution in [-0.2, 0) is 6.54 Å². The van der Waals surface area contributed by atoms with E-state index in [4.69, 9.17) is 9.78 Å². The number of nitriles is 1. The number of amides is 1. The van der Waals surface area contributed by atoms with Gasteiger partial charge in [0.1, 0.15) is 23.2 Å². The van der Waals surface area contributed by atoms with Crippen LogP contribution in [0.3, 0.4) is 0 Å². The van der Waals surface area contributed by atoms with Crippen molar-refractivity contribution in [3.63, 3.8) is 0 Å². The molecule has 0 aliphatic carbocycles. The molecule has 0 N–H and O–H groups in total. The molecule has 0 saturated carbocycles. The summed E-state index contributed by atoms with van der Waals surface area (Å²) in [5.41, 5.74) is 2.01. The summed E-state index contributed by atoms with van der Waals surface area (Å²) in [6.45, 7) is 3.84. The summed E-state index contributed by atoms with van der Waals surface area (Å²) in [6, 6.07) is 6.96. The van der Waals surface area contributed by atoms with Gasteiger partial charge in [-0.15, -0.1) is 0 Å². The van der Waals surface area contributed by atoms with Gasteiger partial charge in [0.2, 0.25) is 0 Å². The Morgan fingerprint density at radius 3 is 2.75 bits per heavy atom. The average Bonchev–Trinajstić information content (AvgIpc) is 2.83. The molecule has 2 heterocycles. The van der Waals surface area contributed by atoms with Crippen molar-refractivity contribution in [3.05, 3.63) is 46.6 Å². The van der Waals surface area contributed by atoms with Gasteiger partial charge in [-0.2, -0.15) is 5.26 Å². The highest BCUT2D eigenvalue weighted by molar-refractivity contribution is 5.92. The summed E-state index contributed by atoms with van der Waals surface area (Å²) in [4.78, 5) is 17.9. The van der Waals surface area contributed by atoms with E-state index in [9.17, 15) is 4.79 Å². The standard InChI is InChI=1S/C14H14N4O2/c1-9-6-12(17-20-9)8-18(3)14(19)13-5-4-11(7-15)10(2)16-13/h4-6H,8H2,1-3H3. The highest BCUT2D eigenvalue weighted by Crippen LogP contribution is 2.10. The second kappa shape index (κ2) is 5.53. The van der Waals surface area contributed by atoms with Crippen molar-refractivity contribution < 1.29 is 9.32 Å². The molecule has 102 valence electrons. The predicted molar refractivity (Wildman–Crippen MR) is 70.7 cm³/mol. The van der Waals surface area contributed by atoms with E-state index in [2.05, 4.69) is 10.1 Å². The lowest BCUT2D eigenvalue weighted by Gasteiger charge is -2.15. The number of hydrogen-bond acceptors (Lipinski definition) is 5. The summed E-state index contributed by atoms with van der Waals surface area (Å²) in [5, 5.41) is 12.7. The van der Waals surface area contributed by atoms with Crippen LogP contribution < -0.4 is 0 Å². The van der Waals surface area contributed by atoms with Gasteiger partial charge in [0.25, 0.3) is 5.91 Å². The van der Waals surface area contributed by atoms with Crippen LogP contribution in [0.5, 0.6) is 0 Å². The van der Waals surface area contributed by atoms with Gasteiger partial charge in [0.05, 0.1) is 17.8 Å². The third kappa shape index (κ3) is 2.83. The maximum Gasteiger partial charge on any atom is 0.272 e. The van der Waals surface area contributed by atoms with Crippen LogP contribution in [0.25, 0.3) is 0 Å². The zero-order valence-electron chi connectivity index (χ0n) is 11.5. The summed E-state index contributed by atoms with van der Waals surface area (Å²) >= 11 is 0. The third-order valence-electron chi connectivity index (χ3n) is 2.85. The first-order chi connectivity index (χ1) is 9.51. The van der Waals surface area contributed by atoms with E-state index in [-0.39, 0.29) is 5.91 Å². The first-order valence-corrected chi connectivity index (χ1v) is 6.06. The Hall–Kier alpha value is -2.68. The van der Waals surface area contributed by atoms with Crippen LogP contribution in [0, 0.1) is 25.2 Å². The van der Waals surface area contributed by atoms with Gasteiger partial charge in [-0.1, -0.05) is 5.16 Å². The van der Waals surface area contributed by atoms with Crippen LogP contribution in [0.1, 0.15) is 33.2 Å². The Bertz CT molecular complexity index is 685. The van der Waals surface area contributed by atoms with Crippen molar-refractivity contribution in [3.8, 4) is 6.07 Å². The molecule has 0 aromatic carbocycles. The fourth-order valence-corrected chi connectivity index (χ4v) is 1.80. The number of rotatable bonds is 3. The second-order valence-corrected chi connectivity index (χ2v) is 4.53. The number of hydrogen-bond donors (Lipinski definition) is 0. The number of aryl methyl sites for hydroxylation is 2. The lowest BCUT2D eigenvalue weighted by atomic mass is 10.2. The van der Waals surface area contributed by atoms with Gasteiger partial charge in [0.15, 0.2) is 0 Å². The quantitative estimate of drug-likeness (QED) is 0.849. The molecule has 6 heteroatoms. The summed E-state index contributed by atoms with van der Waals surface area (Å²) in [7, 11) is 1.67. The lowest BCUT2D eigenvalue weighted by molar-refractivity contribution is 0.0776. The first kappa shape index (κ1) is 13.7. The largest absolute Gasteiger partial charge is 0.361 e. The van der Waals surface area contributed by atoms with Crippen LogP contribution in [0.15, 0.2) is 22.7 Å². The molecule has 20 heavy (non-hydrogen) atoms. The molecule has 1 amide bonds. The fraction of sp³-hybridized carbons (Fsp3) is 0.286. The SMILES string of the molecule is Cc1cc(CN(C)C(=O)c2ccc(C#N)c(C)n2)no1. The molecule has 2 aromatic rings. The molecular weight excluding hydrogens is 256 g/mol. The minimum atomic E-state index is -0.224. The minimum absolute atomic E-state index is 0.224. The summed E-state index contributed by atoms with van der Waals surface area (Å²) < 4.78 is 4.96. The molecule has 0 bridgehead atoms. The van der Waals surface area contributed by atoms with Gasteiger partial charge in [-0.3, -0.25) is 4.79 Å². The molecule has 6 nitrogen and oxygen atoms in total. The van der Waals surface area contributed by atoms with Crippen LogP contribution in [0.2, 0.25) is 0 Å². The highest BCUT2D eigenvalue weighted by atomic mass is 16.5. The Kier molecular flexibility index (Phi) is 3.80. The molecule has 0 aliphatic rings. The van der Waals surface area contributed by atoms with E-state index in [1.807, 2.05) is 6.07 Å². The fourth-order valence-electron chi connectivity index (χ4n) is 1.80. The van der Waals surface area contributed by atoms with E-state index in [0.717, 1.165) is 0 Å². The van der Waals surface area contributed by atoms with Gasteiger partial charge < -0.3 is 9.42 Å². The maximum atomic E-state index is 12.2. The normalized spacial score (nSPS) is 10.1. The Balaban J connectivity index is 2.14. The van der Waals surface area contributed by atoms with Crippen molar-refractivity contribution in [1.29, 1.82) is 5.26 Å².